The molecule has 1 amide bonds. The second-order valence-electron chi connectivity index (χ2n) is 7.39. The predicted octanol–water partition coefficient (Wildman–Crippen LogP) is 2.27. The van der Waals surface area contributed by atoms with E-state index in [1.807, 2.05) is 23.1 Å². The lowest BCUT2D eigenvalue weighted by molar-refractivity contribution is 0.0664. The van der Waals surface area contributed by atoms with Crippen LogP contribution in [0.3, 0.4) is 0 Å². The highest BCUT2D eigenvalue weighted by atomic mass is 16.5. The number of aromatic nitrogens is 5. The number of hydrogen-bond acceptors (Lipinski definition) is 5. The van der Waals surface area contributed by atoms with Crippen LogP contribution in [-0.4, -0.2) is 55.3 Å². The van der Waals surface area contributed by atoms with E-state index in [1.165, 1.54) is 0 Å². The number of aromatic amines is 1. The third-order valence-electron chi connectivity index (χ3n) is 5.55. The SMILES string of the molecule is C[C@H]1CN(C(=O)c2cc3cccnc3[nH]2)Cc2nnc(C3CCOCC3)n21. The molecule has 8 heteroatoms. The lowest BCUT2D eigenvalue weighted by Gasteiger charge is -2.33. The largest absolute Gasteiger partial charge is 0.381 e. The summed E-state index contributed by atoms with van der Waals surface area (Å²) in [5.74, 6) is 2.27. The molecule has 0 spiro atoms. The van der Waals surface area contributed by atoms with E-state index in [4.69, 9.17) is 4.74 Å². The summed E-state index contributed by atoms with van der Waals surface area (Å²) in [5, 5.41) is 9.82. The maximum absolute atomic E-state index is 13.0. The Bertz CT molecular complexity index is 954. The van der Waals surface area contributed by atoms with Crippen LogP contribution in [0.5, 0.6) is 0 Å². The van der Waals surface area contributed by atoms with Crippen LogP contribution in [-0.2, 0) is 11.3 Å². The average molecular weight is 366 g/mol. The minimum atomic E-state index is -0.0262. The number of amides is 1. The fourth-order valence-electron chi connectivity index (χ4n) is 4.19. The van der Waals surface area contributed by atoms with Gasteiger partial charge in [-0.25, -0.2) is 4.98 Å². The van der Waals surface area contributed by atoms with Crippen LogP contribution in [0.15, 0.2) is 24.4 Å². The molecule has 0 saturated carbocycles. The number of fused-ring (bicyclic) bond motifs is 2. The van der Waals surface area contributed by atoms with Crippen LogP contribution in [0.2, 0.25) is 0 Å². The van der Waals surface area contributed by atoms with Crippen molar-refractivity contribution < 1.29 is 9.53 Å². The first-order valence-electron chi connectivity index (χ1n) is 9.45. The smallest absolute Gasteiger partial charge is 0.270 e. The van der Waals surface area contributed by atoms with Crippen molar-refractivity contribution in [2.45, 2.75) is 38.3 Å². The molecule has 0 bridgehead atoms. The lowest BCUT2D eigenvalue weighted by Crippen LogP contribution is -2.41. The Morgan fingerprint density at radius 3 is 2.96 bits per heavy atom. The zero-order chi connectivity index (χ0) is 18.4. The molecule has 140 valence electrons. The molecule has 2 aliphatic rings. The number of nitrogens with zero attached hydrogens (tertiary/aromatic N) is 5. The molecule has 1 fully saturated rings. The van der Waals surface area contributed by atoms with Crippen LogP contribution in [0, 0.1) is 0 Å². The molecule has 5 rings (SSSR count). The van der Waals surface area contributed by atoms with Gasteiger partial charge in [-0.3, -0.25) is 4.79 Å². The number of pyridine rings is 1. The van der Waals surface area contributed by atoms with Gasteiger partial charge in [-0.15, -0.1) is 10.2 Å². The highest BCUT2D eigenvalue weighted by molar-refractivity contribution is 5.97. The van der Waals surface area contributed by atoms with Gasteiger partial charge in [0.25, 0.3) is 5.91 Å². The summed E-state index contributed by atoms with van der Waals surface area (Å²) < 4.78 is 7.70. The zero-order valence-corrected chi connectivity index (χ0v) is 15.3. The van der Waals surface area contributed by atoms with Gasteiger partial charge in [0.15, 0.2) is 5.82 Å². The van der Waals surface area contributed by atoms with E-state index in [2.05, 4.69) is 31.7 Å². The third-order valence-corrected chi connectivity index (χ3v) is 5.55. The summed E-state index contributed by atoms with van der Waals surface area (Å²) in [7, 11) is 0. The Hall–Kier alpha value is -2.74. The molecule has 0 unspecified atom stereocenters. The first-order valence-corrected chi connectivity index (χ1v) is 9.45. The second-order valence-corrected chi connectivity index (χ2v) is 7.39. The van der Waals surface area contributed by atoms with Gasteiger partial charge in [-0.2, -0.15) is 0 Å². The van der Waals surface area contributed by atoms with Crippen LogP contribution in [0.25, 0.3) is 11.0 Å². The van der Waals surface area contributed by atoms with Gasteiger partial charge in [0, 0.05) is 37.3 Å². The van der Waals surface area contributed by atoms with E-state index in [-0.39, 0.29) is 11.9 Å². The molecule has 1 atom stereocenters. The average Bonchev–Trinajstić information content (AvgIpc) is 3.32. The molecular weight excluding hydrogens is 344 g/mol. The van der Waals surface area contributed by atoms with Gasteiger partial charge in [-0.05, 0) is 38.0 Å². The quantitative estimate of drug-likeness (QED) is 0.751. The van der Waals surface area contributed by atoms with Crippen molar-refractivity contribution in [1.29, 1.82) is 0 Å². The monoisotopic (exact) mass is 366 g/mol. The maximum Gasteiger partial charge on any atom is 0.270 e. The van der Waals surface area contributed by atoms with Gasteiger partial charge >= 0.3 is 0 Å². The fourth-order valence-corrected chi connectivity index (χ4v) is 4.19. The van der Waals surface area contributed by atoms with Crippen LogP contribution >= 0.6 is 0 Å². The van der Waals surface area contributed by atoms with E-state index in [0.29, 0.717) is 24.7 Å². The minimum Gasteiger partial charge on any atom is -0.381 e. The third kappa shape index (κ3) is 2.80. The van der Waals surface area contributed by atoms with E-state index >= 15 is 0 Å². The number of ether oxygens (including phenoxy) is 1. The summed E-state index contributed by atoms with van der Waals surface area (Å²) in [4.78, 5) is 22.3. The summed E-state index contributed by atoms with van der Waals surface area (Å²) in [6, 6.07) is 5.83. The van der Waals surface area contributed by atoms with E-state index in [9.17, 15) is 4.79 Å². The number of rotatable bonds is 2. The molecule has 0 aliphatic carbocycles. The summed E-state index contributed by atoms with van der Waals surface area (Å²) in [6.45, 7) is 4.80. The fraction of sp³-hybridized carbons (Fsp3) is 0.474. The van der Waals surface area contributed by atoms with Crippen molar-refractivity contribution in [2.24, 2.45) is 0 Å². The highest BCUT2D eigenvalue weighted by Gasteiger charge is 2.33. The van der Waals surface area contributed by atoms with E-state index in [0.717, 1.165) is 48.7 Å². The standard InChI is InChI=1S/C19H22N6O2/c1-12-10-24(19(26)15-9-14-3-2-6-20-17(14)21-15)11-16-22-23-18(25(12)16)13-4-7-27-8-5-13/h2-3,6,9,12-13H,4-5,7-8,10-11H2,1H3,(H,20,21)/t12-/m0/s1. The van der Waals surface area contributed by atoms with Crippen molar-refractivity contribution in [3.8, 4) is 0 Å². The Balaban J connectivity index is 1.41. The molecule has 1 saturated heterocycles. The zero-order valence-electron chi connectivity index (χ0n) is 15.3. The number of hydrogen-bond donors (Lipinski definition) is 1. The number of H-pyrrole nitrogens is 1. The molecule has 27 heavy (non-hydrogen) atoms. The van der Waals surface area contributed by atoms with Gasteiger partial charge in [0.1, 0.15) is 17.2 Å². The first-order chi connectivity index (χ1) is 13.2. The summed E-state index contributed by atoms with van der Waals surface area (Å²) in [6.07, 6.45) is 3.68. The van der Waals surface area contributed by atoms with E-state index < -0.39 is 0 Å². The second kappa shape index (κ2) is 6.45. The predicted molar refractivity (Wildman–Crippen MR) is 98.4 cm³/mol. The van der Waals surface area contributed by atoms with Crippen molar-refractivity contribution in [2.75, 3.05) is 19.8 Å². The molecule has 2 aliphatic heterocycles. The number of carbonyl (C=O) groups is 1. The van der Waals surface area contributed by atoms with Gasteiger partial charge in [0.05, 0.1) is 12.6 Å². The number of nitrogens with one attached hydrogen (secondary N) is 1. The van der Waals surface area contributed by atoms with Crippen molar-refractivity contribution in [3.63, 3.8) is 0 Å². The Kier molecular flexibility index (Phi) is 3.93. The van der Waals surface area contributed by atoms with Crippen LogP contribution in [0.1, 0.15) is 53.9 Å². The molecule has 3 aromatic rings. The summed E-state index contributed by atoms with van der Waals surface area (Å²) in [5.41, 5.74) is 1.30. The lowest BCUT2D eigenvalue weighted by atomic mass is 9.99. The molecule has 0 aromatic carbocycles. The van der Waals surface area contributed by atoms with E-state index in [1.54, 1.807) is 6.20 Å². The first kappa shape index (κ1) is 16.4. The van der Waals surface area contributed by atoms with Crippen LogP contribution in [0.4, 0.5) is 0 Å². The topological polar surface area (TPSA) is 88.9 Å². The minimum absolute atomic E-state index is 0.0262. The Morgan fingerprint density at radius 2 is 2.15 bits per heavy atom. The van der Waals surface area contributed by atoms with Crippen LogP contribution < -0.4 is 0 Å². The highest BCUT2D eigenvalue weighted by Crippen LogP contribution is 2.31. The normalized spacial score (nSPS) is 20.8. The van der Waals surface area contributed by atoms with Gasteiger partial charge < -0.3 is 19.2 Å². The molecule has 1 N–H and O–H groups in total. The maximum atomic E-state index is 13.0. The number of carbonyl (C=O) groups excluding carboxylic acids is 1. The Labute approximate surface area is 156 Å². The van der Waals surface area contributed by atoms with Gasteiger partial charge in [-0.1, -0.05) is 0 Å². The van der Waals surface area contributed by atoms with Crippen molar-refractivity contribution in [3.05, 3.63) is 41.7 Å². The van der Waals surface area contributed by atoms with Gasteiger partial charge in [0.2, 0.25) is 0 Å². The van der Waals surface area contributed by atoms with Crippen molar-refractivity contribution in [1.82, 2.24) is 29.6 Å². The summed E-state index contributed by atoms with van der Waals surface area (Å²) >= 11 is 0. The molecular formula is C19H22N6O2. The molecule has 3 aromatic heterocycles. The molecule has 0 radical (unpaired) electrons. The molecule has 5 heterocycles. The molecule has 8 nitrogen and oxygen atoms in total. The van der Waals surface area contributed by atoms with Crippen molar-refractivity contribution >= 4 is 16.9 Å². The Morgan fingerprint density at radius 1 is 1.30 bits per heavy atom.